The number of benzene rings is 1. The Hall–Kier alpha value is -0.610. The second-order valence-electron chi connectivity index (χ2n) is 5.71. The molecule has 1 aromatic carbocycles. The summed E-state index contributed by atoms with van der Waals surface area (Å²) in [5, 5.41) is 10.9. The molecular weight excluding hydrogens is 272 g/mol. The lowest BCUT2D eigenvalue weighted by Gasteiger charge is -2.22. The van der Waals surface area contributed by atoms with Gasteiger partial charge >= 0.3 is 0 Å². The zero-order chi connectivity index (χ0) is 14.4. The van der Waals surface area contributed by atoms with Gasteiger partial charge in [0, 0.05) is 24.7 Å². The molecule has 1 heterocycles. The van der Waals surface area contributed by atoms with Gasteiger partial charge in [-0.15, -0.1) is 0 Å². The Morgan fingerprint density at radius 3 is 2.75 bits per heavy atom. The summed E-state index contributed by atoms with van der Waals surface area (Å²) in [6.45, 7) is 5.62. The molecule has 1 N–H and O–H groups in total. The van der Waals surface area contributed by atoms with Crippen LogP contribution in [-0.2, 0) is 0 Å². The Morgan fingerprint density at radius 1 is 1.30 bits per heavy atom. The van der Waals surface area contributed by atoms with E-state index in [1.54, 1.807) is 0 Å². The van der Waals surface area contributed by atoms with E-state index >= 15 is 0 Å². The molecule has 2 rings (SSSR count). The van der Waals surface area contributed by atoms with Gasteiger partial charge in [0.25, 0.3) is 0 Å². The van der Waals surface area contributed by atoms with Crippen LogP contribution in [0.3, 0.4) is 0 Å². The van der Waals surface area contributed by atoms with Gasteiger partial charge in [-0.25, -0.2) is 0 Å². The van der Waals surface area contributed by atoms with E-state index in [2.05, 4.69) is 16.8 Å². The van der Waals surface area contributed by atoms with Crippen molar-refractivity contribution in [1.82, 2.24) is 9.80 Å². The highest BCUT2D eigenvalue weighted by Crippen LogP contribution is 2.20. The smallest absolute Gasteiger partial charge is 0.0802 e. The minimum atomic E-state index is -0.428. The molecule has 3 nitrogen and oxygen atoms in total. The van der Waals surface area contributed by atoms with Crippen molar-refractivity contribution in [3.05, 3.63) is 34.9 Å². The summed E-state index contributed by atoms with van der Waals surface area (Å²) >= 11 is 5.95. The van der Waals surface area contributed by atoms with Gasteiger partial charge in [0.15, 0.2) is 0 Å². The van der Waals surface area contributed by atoms with Gasteiger partial charge in [0.1, 0.15) is 0 Å². The number of likely N-dealkylation sites (N-methyl/N-ethyl adjacent to an activating group) is 1. The number of halogens is 1. The van der Waals surface area contributed by atoms with E-state index in [1.165, 1.54) is 25.9 Å². The topological polar surface area (TPSA) is 26.7 Å². The standard InChI is InChI=1S/C16H25ClN2O/c1-18(11-12-19-8-2-3-9-19)10-7-16(20)14-5-4-6-15(17)13-14/h4-6,13,16,20H,2-3,7-12H2,1H3. The maximum absolute atomic E-state index is 10.2. The van der Waals surface area contributed by atoms with E-state index < -0.39 is 6.10 Å². The molecule has 0 aromatic heterocycles. The number of hydrogen-bond acceptors (Lipinski definition) is 3. The summed E-state index contributed by atoms with van der Waals surface area (Å²) < 4.78 is 0. The van der Waals surface area contributed by atoms with Gasteiger partial charge in [0.05, 0.1) is 6.10 Å². The zero-order valence-corrected chi connectivity index (χ0v) is 13.0. The monoisotopic (exact) mass is 296 g/mol. The molecule has 1 atom stereocenters. The number of likely N-dealkylation sites (tertiary alicyclic amines) is 1. The lowest BCUT2D eigenvalue weighted by atomic mass is 10.1. The van der Waals surface area contributed by atoms with Crippen molar-refractivity contribution in [2.45, 2.75) is 25.4 Å². The predicted molar refractivity (Wildman–Crippen MR) is 84.2 cm³/mol. The number of aliphatic hydroxyl groups excluding tert-OH is 1. The molecule has 4 heteroatoms. The lowest BCUT2D eigenvalue weighted by Crippen LogP contribution is -2.32. The van der Waals surface area contributed by atoms with Gasteiger partial charge in [-0.3, -0.25) is 0 Å². The summed E-state index contributed by atoms with van der Waals surface area (Å²) in [6, 6.07) is 7.50. The van der Waals surface area contributed by atoms with E-state index in [1.807, 2.05) is 24.3 Å². The van der Waals surface area contributed by atoms with Crippen LogP contribution in [0.1, 0.15) is 30.9 Å². The number of nitrogens with zero attached hydrogens (tertiary/aromatic N) is 2. The van der Waals surface area contributed by atoms with Crippen LogP contribution in [0.5, 0.6) is 0 Å². The van der Waals surface area contributed by atoms with Crippen molar-refractivity contribution in [3.63, 3.8) is 0 Å². The van der Waals surface area contributed by atoms with Crippen LogP contribution >= 0.6 is 11.6 Å². The molecule has 1 fully saturated rings. The fourth-order valence-corrected chi connectivity index (χ4v) is 2.85. The zero-order valence-electron chi connectivity index (χ0n) is 12.3. The van der Waals surface area contributed by atoms with Crippen molar-refractivity contribution in [3.8, 4) is 0 Å². The molecule has 112 valence electrons. The van der Waals surface area contributed by atoms with Gasteiger partial charge < -0.3 is 14.9 Å². The molecule has 0 saturated carbocycles. The van der Waals surface area contributed by atoms with Gasteiger partial charge in [-0.05, 0) is 57.1 Å². The molecule has 1 unspecified atom stereocenters. The second kappa shape index (κ2) is 7.99. The number of hydrogen-bond donors (Lipinski definition) is 1. The molecule has 1 aromatic rings. The van der Waals surface area contributed by atoms with Crippen molar-refractivity contribution in [2.24, 2.45) is 0 Å². The first-order valence-electron chi connectivity index (χ1n) is 7.49. The highest BCUT2D eigenvalue weighted by atomic mass is 35.5. The SMILES string of the molecule is CN(CCC(O)c1cccc(Cl)c1)CCN1CCCC1. The fourth-order valence-electron chi connectivity index (χ4n) is 2.65. The van der Waals surface area contributed by atoms with E-state index in [0.29, 0.717) is 5.02 Å². The van der Waals surface area contributed by atoms with E-state index in [4.69, 9.17) is 11.6 Å². The summed E-state index contributed by atoms with van der Waals surface area (Å²) in [5.41, 5.74) is 0.908. The third-order valence-corrected chi connectivity index (χ3v) is 4.25. The average molecular weight is 297 g/mol. The van der Waals surface area contributed by atoms with Crippen molar-refractivity contribution in [2.75, 3.05) is 39.8 Å². The third-order valence-electron chi connectivity index (χ3n) is 4.01. The molecule has 0 aliphatic carbocycles. The molecule has 0 bridgehead atoms. The number of aliphatic hydroxyl groups is 1. The molecule has 0 amide bonds. The Morgan fingerprint density at radius 2 is 2.05 bits per heavy atom. The van der Waals surface area contributed by atoms with Crippen molar-refractivity contribution < 1.29 is 5.11 Å². The summed E-state index contributed by atoms with van der Waals surface area (Å²) in [5.74, 6) is 0. The molecule has 1 saturated heterocycles. The van der Waals surface area contributed by atoms with Crippen molar-refractivity contribution in [1.29, 1.82) is 0 Å². The Labute approximate surface area is 127 Å². The molecule has 1 aliphatic rings. The third kappa shape index (κ3) is 5.06. The number of rotatable bonds is 7. The van der Waals surface area contributed by atoms with Gasteiger partial charge in [-0.1, -0.05) is 23.7 Å². The summed E-state index contributed by atoms with van der Waals surface area (Å²) in [4.78, 5) is 4.82. The van der Waals surface area contributed by atoms with Gasteiger partial charge in [-0.2, -0.15) is 0 Å². The first-order valence-corrected chi connectivity index (χ1v) is 7.87. The Bertz CT molecular complexity index is 407. The normalized spacial score (nSPS) is 17.8. The van der Waals surface area contributed by atoms with Crippen LogP contribution in [0, 0.1) is 0 Å². The largest absolute Gasteiger partial charge is 0.388 e. The second-order valence-corrected chi connectivity index (χ2v) is 6.15. The Kier molecular flexibility index (Phi) is 6.30. The first kappa shape index (κ1) is 15.8. The van der Waals surface area contributed by atoms with Gasteiger partial charge in [0.2, 0.25) is 0 Å². The van der Waals surface area contributed by atoms with Crippen molar-refractivity contribution >= 4 is 11.6 Å². The van der Waals surface area contributed by atoms with Crippen LogP contribution in [-0.4, -0.2) is 54.7 Å². The minimum absolute atomic E-state index is 0.428. The summed E-state index contributed by atoms with van der Waals surface area (Å²) in [6.07, 6.45) is 3.01. The van der Waals surface area contributed by atoms with Crippen LogP contribution < -0.4 is 0 Å². The Balaban J connectivity index is 1.68. The van der Waals surface area contributed by atoms with Crippen LogP contribution in [0.4, 0.5) is 0 Å². The lowest BCUT2D eigenvalue weighted by molar-refractivity contribution is 0.145. The molecule has 20 heavy (non-hydrogen) atoms. The van der Waals surface area contributed by atoms with E-state index in [0.717, 1.165) is 31.6 Å². The molecule has 0 radical (unpaired) electrons. The van der Waals surface area contributed by atoms with Crippen LogP contribution in [0.2, 0.25) is 5.02 Å². The molecule has 0 spiro atoms. The van der Waals surface area contributed by atoms with Crippen LogP contribution in [0.15, 0.2) is 24.3 Å². The predicted octanol–water partition coefficient (Wildman–Crippen LogP) is 2.79. The van der Waals surface area contributed by atoms with E-state index in [9.17, 15) is 5.11 Å². The molecular formula is C16H25ClN2O. The summed E-state index contributed by atoms with van der Waals surface area (Å²) in [7, 11) is 2.13. The highest BCUT2D eigenvalue weighted by Gasteiger charge is 2.13. The minimum Gasteiger partial charge on any atom is -0.388 e. The fraction of sp³-hybridized carbons (Fsp3) is 0.625. The van der Waals surface area contributed by atoms with Crippen LogP contribution in [0.25, 0.3) is 0 Å². The maximum Gasteiger partial charge on any atom is 0.0802 e. The van der Waals surface area contributed by atoms with E-state index in [-0.39, 0.29) is 0 Å². The first-order chi connectivity index (χ1) is 9.65. The quantitative estimate of drug-likeness (QED) is 0.838. The maximum atomic E-state index is 10.2. The highest BCUT2D eigenvalue weighted by molar-refractivity contribution is 6.30. The average Bonchev–Trinajstić information content (AvgIpc) is 2.95. The molecule has 1 aliphatic heterocycles.